The first kappa shape index (κ1) is 11.1. The number of ether oxygens (including phenoxy) is 1. The minimum Gasteiger partial charge on any atom is -0.382 e. The van der Waals surface area contributed by atoms with E-state index in [1.165, 1.54) is 0 Å². The van der Waals surface area contributed by atoms with Gasteiger partial charge in [-0.3, -0.25) is 9.63 Å². The first-order chi connectivity index (χ1) is 7.75. The van der Waals surface area contributed by atoms with Gasteiger partial charge in [0.1, 0.15) is 0 Å². The standard InChI is InChI=1S/C11H13NO4/c1-15-6-7-16-12-10(13)8-4-2-3-5-9(8)11(12)14/h2-5,10,13H,6-7H2,1H3. The summed E-state index contributed by atoms with van der Waals surface area (Å²) in [6, 6.07) is 6.90. The van der Waals surface area contributed by atoms with Gasteiger partial charge in [-0.15, -0.1) is 0 Å². The fourth-order valence-corrected chi connectivity index (χ4v) is 1.62. The van der Waals surface area contributed by atoms with Crippen LogP contribution in [0.25, 0.3) is 0 Å². The third-order valence-electron chi connectivity index (χ3n) is 2.41. The molecule has 16 heavy (non-hydrogen) atoms. The maximum absolute atomic E-state index is 11.8. The van der Waals surface area contributed by atoms with Gasteiger partial charge in [-0.05, 0) is 6.07 Å². The molecule has 86 valence electrons. The summed E-state index contributed by atoms with van der Waals surface area (Å²) in [4.78, 5) is 17.0. The molecule has 5 nitrogen and oxygen atoms in total. The summed E-state index contributed by atoms with van der Waals surface area (Å²) in [5.74, 6) is -0.320. The molecule has 0 saturated carbocycles. The summed E-state index contributed by atoms with van der Waals surface area (Å²) in [5, 5.41) is 10.8. The minimum atomic E-state index is -1.03. The second-order valence-electron chi connectivity index (χ2n) is 3.42. The number of benzene rings is 1. The first-order valence-electron chi connectivity index (χ1n) is 4.98. The van der Waals surface area contributed by atoms with Crippen LogP contribution in [0, 0.1) is 0 Å². The van der Waals surface area contributed by atoms with E-state index in [2.05, 4.69) is 0 Å². The number of nitrogens with zero attached hydrogens (tertiary/aromatic N) is 1. The molecule has 0 aliphatic carbocycles. The van der Waals surface area contributed by atoms with Crippen LogP contribution >= 0.6 is 0 Å². The van der Waals surface area contributed by atoms with Gasteiger partial charge in [0.25, 0.3) is 5.91 Å². The predicted octanol–water partition coefficient (Wildman–Crippen LogP) is 0.711. The van der Waals surface area contributed by atoms with Crippen molar-refractivity contribution in [2.24, 2.45) is 0 Å². The van der Waals surface area contributed by atoms with Crippen LogP contribution in [0.5, 0.6) is 0 Å². The van der Waals surface area contributed by atoms with E-state index in [1.807, 2.05) is 0 Å². The molecule has 0 radical (unpaired) electrons. The average Bonchev–Trinajstić information content (AvgIpc) is 2.55. The Balaban J connectivity index is 2.12. The molecule has 0 aromatic heterocycles. The van der Waals surface area contributed by atoms with E-state index >= 15 is 0 Å². The van der Waals surface area contributed by atoms with Crippen LogP contribution < -0.4 is 0 Å². The topological polar surface area (TPSA) is 59.0 Å². The Morgan fingerprint density at radius 3 is 2.81 bits per heavy atom. The summed E-state index contributed by atoms with van der Waals surface area (Å²) in [5.41, 5.74) is 1.05. The largest absolute Gasteiger partial charge is 0.382 e. The lowest BCUT2D eigenvalue weighted by Gasteiger charge is -2.19. The van der Waals surface area contributed by atoms with E-state index in [0.717, 1.165) is 5.06 Å². The Kier molecular flexibility index (Phi) is 3.19. The number of hydrogen-bond acceptors (Lipinski definition) is 4. The molecule has 2 rings (SSSR count). The molecular formula is C11H13NO4. The number of rotatable bonds is 4. The number of fused-ring (bicyclic) bond motifs is 1. The van der Waals surface area contributed by atoms with Crippen LogP contribution in [0.3, 0.4) is 0 Å². The average molecular weight is 223 g/mol. The van der Waals surface area contributed by atoms with Crippen molar-refractivity contribution in [1.82, 2.24) is 5.06 Å². The number of amides is 1. The van der Waals surface area contributed by atoms with Crippen LogP contribution in [-0.4, -0.2) is 36.4 Å². The van der Waals surface area contributed by atoms with Gasteiger partial charge in [0, 0.05) is 18.2 Å². The molecule has 1 amide bonds. The third kappa shape index (κ3) is 1.80. The number of methoxy groups -OCH3 is 1. The molecule has 1 aromatic carbocycles. The van der Waals surface area contributed by atoms with Crippen molar-refractivity contribution in [2.75, 3.05) is 20.3 Å². The van der Waals surface area contributed by atoms with Crippen molar-refractivity contribution >= 4 is 5.91 Å². The molecule has 1 N–H and O–H groups in total. The number of hydroxylamine groups is 2. The SMILES string of the molecule is COCCON1C(=O)c2ccccc2C1O. The minimum absolute atomic E-state index is 0.229. The van der Waals surface area contributed by atoms with Gasteiger partial charge in [-0.25, -0.2) is 0 Å². The monoisotopic (exact) mass is 223 g/mol. The van der Waals surface area contributed by atoms with Crippen LogP contribution in [-0.2, 0) is 9.57 Å². The number of carbonyl (C=O) groups excluding carboxylic acids is 1. The second-order valence-corrected chi connectivity index (χ2v) is 3.42. The quantitative estimate of drug-likeness (QED) is 0.764. The lowest BCUT2D eigenvalue weighted by molar-refractivity contribution is -0.203. The van der Waals surface area contributed by atoms with Crippen molar-refractivity contribution < 1.29 is 19.5 Å². The molecular weight excluding hydrogens is 210 g/mol. The summed E-state index contributed by atoms with van der Waals surface area (Å²) in [7, 11) is 1.54. The van der Waals surface area contributed by atoms with Gasteiger partial charge < -0.3 is 9.84 Å². The molecule has 1 aliphatic rings. The zero-order valence-corrected chi connectivity index (χ0v) is 8.92. The van der Waals surface area contributed by atoms with Gasteiger partial charge in [-0.1, -0.05) is 18.2 Å². The number of hydrogen-bond donors (Lipinski definition) is 1. The lowest BCUT2D eigenvalue weighted by atomic mass is 10.1. The van der Waals surface area contributed by atoms with Crippen molar-refractivity contribution in [3.05, 3.63) is 35.4 Å². The highest BCUT2D eigenvalue weighted by Crippen LogP contribution is 2.31. The van der Waals surface area contributed by atoms with E-state index in [1.54, 1.807) is 31.4 Å². The van der Waals surface area contributed by atoms with E-state index in [0.29, 0.717) is 17.7 Å². The fourth-order valence-electron chi connectivity index (χ4n) is 1.62. The van der Waals surface area contributed by atoms with E-state index < -0.39 is 6.23 Å². The highest BCUT2D eigenvalue weighted by molar-refractivity contribution is 5.98. The Morgan fingerprint density at radius 2 is 2.12 bits per heavy atom. The number of carbonyl (C=O) groups is 1. The summed E-state index contributed by atoms with van der Waals surface area (Å²) in [6.45, 7) is 0.597. The second kappa shape index (κ2) is 4.61. The highest BCUT2D eigenvalue weighted by atomic mass is 16.7. The molecule has 1 atom stereocenters. The lowest BCUT2D eigenvalue weighted by Crippen LogP contribution is -2.29. The molecule has 0 spiro atoms. The summed E-state index contributed by atoms with van der Waals surface area (Å²) in [6.07, 6.45) is -1.03. The molecule has 5 heteroatoms. The number of aliphatic hydroxyl groups excluding tert-OH is 1. The fraction of sp³-hybridized carbons (Fsp3) is 0.364. The molecule has 1 unspecified atom stereocenters. The smallest absolute Gasteiger partial charge is 0.280 e. The van der Waals surface area contributed by atoms with Crippen molar-refractivity contribution in [2.45, 2.75) is 6.23 Å². The van der Waals surface area contributed by atoms with Crippen LogP contribution in [0.15, 0.2) is 24.3 Å². The molecule has 0 saturated heterocycles. The highest BCUT2D eigenvalue weighted by Gasteiger charge is 2.36. The van der Waals surface area contributed by atoms with Crippen molar-refractivity contribution in [3.63, 3.8) is 0 Å². The molecule has 0 fully saturated rings. The van der Waals surface area contributed by atoms with Crippen LogP contribution in [0.4, 0.5) is 0 Å². The van der Waals surface area contributed by atoms with Crippen molar-refractivity contribution in [1.29, 1.82) is 0 Å². The Bertz CT molecular complexity index is 393. The Labute approximate surface area is 93.1 Å². The van der Waals surface area contributed by atoms with Crippen LogP contribution in [0.1, 0.15) is 22.1 Å². The molecule has 1 heterocycles. The summed E-state index contributed by atoms with van der Waals surface area (Å²) < 4.78 is 4.80. The van der Waals surface area contributed by atoms with Gasteiger partial charge in [-0.2, -0.15) is 5.06 Å². The number of aliphatic hydroxyl groups is 1. The third-order valence-corrected chi connectivity index (χ3v) is 2.41. The normalized spacial score (nSPS) is 19.0. The Morgan fingerprint density at radius 1 is 1.38 bits per heavy atom. The zero-order chi connectivity index (χ0) is 11.5. The maximum Gasteiger partial charge on any atom is 0.280 e. The van der Waals surface area contributed by atoms with Gasteiger partial charge in [0.05, 0.1) is 13.2 Å². The van der Waals surface area contributed by atoms with Gasteiger partial charge in [0.2, 0.25) is 0 Å². The zero-order valence-electron chi connectivity index (χ0n) is 8.92. The summed E-state index contributed by atoms with van der Waals surface area (Å²) >= 11 is 0. The maximum atomic E-state index is 11.8. The van der Waals surface area contributed by atoms with E-state index in [-0.39, 0.29) is 12.5 Å². The van der Waals surface area contributed by atoms with Crippen LogP contribution in [0.2, 0.25) is 0 Å². The first-order valence-corrected chi connectivity index (χ1v) is 4.98. The van der Waals surface area contributed by atoms with Crippen molar-refractivity contribution in [3.8, 4) is 0 Å². The predicted molar refractivity (Wildman–Crippen MR) is 55.4 cm³/mol. The molecule has 1 aromatic rings. The van der Waals surface area contributed by atoms with E-state index in [4.69, 9.17) is 9.57 Å². The van der Waals surface area contributed by atoms with E-state index in [9.17, 15) is 9.90 Å². The van der Waals surface area contributed by atoms with Gasteiger partial charge >= 0.3 is 0 Å². The van der Waals surface area contributed by atoms with Gasteiger partial charge in [0.15, 0.2) is 6.23 Å². The molecule has 0 bridgehead atoms. The molecule has 1 aliphatic heterocycles. The Hall–Kier alpha value is -1.43.